The fraction of sp³-hybridized carbons (Fsp3) is 0.200. The first-order valence-corrected chi connectivity index (χ1v) is 6.89. The van der Waals surface area contributed by atoms with Crippen LogP contribution in [0.1, 0.15) is 23.3 Å². The van der Waals surface area contributed by atoms with Gasteiger partial charge in [0.25, 0.3) is 11.9 Å². The van der Waals surface area contributed by atoms with Crippen LogP contribution in [0.4, 0.5) is 0 Å². The number of carbonyl (C=O) groups excluding carboxylic acids is 1. The van der Waals surface area contributed by atoms with Crippen LogP contribution in [-0.2, 0) is 0 Å². The lowest BCUT2D eigenvalue weighted by Gasteiger charge is -2.00. The second-order valence-corrected chi connectivity index (χ2v) is 5.07. The van der Waals surface area contributed by atoms with E-state index in [9.17, 15) is 4.79 Å². The fourth-order valence-corrected chi connectivity index (χ4v) is 2.27. The lowest BCUT2D eigenvalue weighted by molar-refractivity contribution is 0.0947. The first kappa shape index (κ1) is 12.0. The van der Waals surface area contributed by atoms with E-state index in [0.29, 0.717) is 17.7 Å². The summed E-state index contributed by atoms with van der Waals surface area (Å²) in [5.74, 6) is 0.322. The first-order chi connectivity index (χ1) is 10.3. The third-order valence-corrected chi connectivity index (χ3v) is 3.46. The van der Waals surface area contributed by atoms with Crippen molar-refractivity contribution in [3.63, 3.8) is 0 Å². The van der Waals surface area contributed by atoms with Crippen LogP contribution >= 0.6 is 0 Å². The number of hydrogen-bond acceptors (Lipinski definition) is 4. The molecule has 6 heteroatoms. The quantitative estimate of drug-likeness (QED) is 0.792. The molecule has 104 valence electrons. The van der Waals surface area contributed by atoms with Crippen LogP contribution in [0.3, 0.4) is 0 Å². The van der Waals surface area contributed by atoms with Crippen molar-refractivity contribution in [3.8, 4) is 5.95 Å². The number of fused-ring (bicyclic) bond motifs is 1. The van der Waals surface area contributed by atoms with Gasteiger partial charge in [-0.3, -0.25) is 4.79 Å². The third-order valence-electron chi connectivity index (χ3n) is 3.46. The molecule has 1 saturated carbocycles. The van der Waals surface area contributed by atoms with Crippen LogP contribution in [0, 0.1) is 0 Å². The average molecular weight is 279 g/mol. The number of nitrogens with zero attached hydrogens (tertiary/aromatic N) is 4. The summed E-state index contributed by atoms with van der Waals surface area (Å²) in [4.78, 5) is 20.7. The average Bonchev–Trinajstić information content (AvgIpc) is 3.25. The van der Waals surface area contributed by atoms with Gasteiger partial charge in [-0.1, -0.05) is 18.2 Å². The SMILES string of the molecule is O=C(NC1CC1)c1nn(-c2ncccn2)c2ccccc12. The minimum atomic E-state index is -0.136. The fourth-order valence-electron chi connectivity index (χ4n) is 2.27. The summed E-state index contributed by atoms with van der Waals surface area (Å²) in [6.07, 6.45) is 5.41. The van der Waals surface area contributed by atoms with E-state index >= 15 is 0 Å². The Hall–Kier alpha value is -2.76. The molecular formula is C15H13N5O. The van der Waals surface area contributed by atoms with E-state index in [2.05, 4.69) is 20.4 Å². The molecule has 2 heterocycles. The summed E-state index contributed by atoms with van der Waals surface area (Å²) in [7, 11) is 0. The predicted octanol–water partition coefficient (Wildman–Crippen LogP) is 1.71. The van der Waals surface area contributed by atoms with Gasteiger partial charge in [0.2, 0.25) is 0 Å². The molecule has 0 atom stereocenters. The van der Waals surface area contributed by atoms with Gasteiger partial charge < -0.3 is 5.32 Å². The van der Waals surface area contributed by atoms with Gasteiger partial charge in [0.1, 0.15) is 0 Å². The van der Waals surface area contributed by atoms with E-state index in [1.165, 1.54) is 0 Å². The Morgan fingerprint density at radius 1 is 1.14 bits per heavy atom. The molecular weight excluding hydrogens is 266 g/mol. The Morgan fingerprint density at radius 2 is 1.90 bits per heavy atom. The van der Waals surface area contributed by atoms with Crippen molar-refractivity contribution in [1.82, 2.24) is 25.1 Å². The predicted molar refractivity (Wildman–Crippen MR) is 77.1 cm³/mol. The van der Waals surface area contributed by atoms with Crippen molar-refractivity contribution < 1.29 is 4.79 Å². The topological polar surface area (TPSA) is 72.7 Å². The Bertz CT molecular complexity index is 807. The van der Waals surface area contributed by atoms with Crippen LogP contribution in [0.5, 0.6) is 0 Å². The number of amides is 1. The van der Waals surface area contributed by atoms with Gasteiger partial charge in [-0.25, -0.2) is 9.97 Å². The molecule has 0 radical (unpaired) electrons. The molecule has 6 nitrogen and oxygen atoms in total. The van der Waals surface area contributed by atoms with Crippen molar-refractivity contribution in [2.75, 3.05) is 0 Å². The lowest BCUT2D eigenvalue weighted by Crippen LogP contribution is -2.26. The summed E-state index contributed by atoms with van der Waals surface area (Å²) in [6.45, 7) is 0. The second kappa shape index (κ2) is 4.66. The second-order valence-electron chi connectivity index (χ2n) is 5.07. The highest BCUT2D eigenvalue weighted by Crippen LogP contribution is 2.23. The molecule has 1 fully saturated rings. The van der Waals surface area contributed by atoms with Crippen molar-refractivity contribution in [2.24, 2.45) is 0 Å². The third kappa shape index (κ3) is 2.14. The Kier molecular flexibility index (Phi) is 2.67. The molecule has 0 aliphatic heterocycles. The van der Waals surface area contributed by atoms with Gasteiger partial charge in [-0.15, -0.1) is 0 Å². The van der Waals surface area contributed by atoms with E-state index in [0.717, 1.165) is 23.7 Å². The molecule has 1 amide bonds. The maximum atomic E-state index is 12.3. The van der Waals surface area contributed by atoms with E-state index < -0.39 is 0 Å². The van der Waals surface area contributed by atoms with Crippen LogP contribution < -0.4 is 5.32 Å². The number of aromatic nitrogens is 4. The van der Waals surface area contributed by atoms with E-state index in [1.807, 2.05) is 24.3 Å². The van der Waals surface area contributed by atoms with E-state index in [4.69, 9.17) is 0 Å². The van der Waals surface area contributed by atoms with Crippen molar-refractivity contribution in [3.05, 3.63) is 48.4 Å². The minimum Gasteiger partial charge on any atom is -0.348 e. The smallest absolute Gasteiger partial charge is 0.272 e. The molecule has 0 spiro atoms. The highest BCUT2D eigenvalue weighted by molar-refractivity contribution is 6.05. The molecule has 1 aliphatic rings. The molecule has 1 aliphatic carbocycles. The number of para-hydroxylation sites is 1. The van der Waals surface area contributed by atoms with Crippen molar-refractivity contribution in [2.45, 2.75) is 18.9 Å². The number of hydrogen-bond donors (Lipinski definition) is 1. The Labute approximate surface area is 120 Å². The zero-order valence-electron chi connectivity index (χ0n) is 11.2. The number of carbonyl (C=O) groups is 1. The van der Waals surface area contributed by atoms with Crippen molar-refractivity contribution >= 4 is 16.8 Å². The van der Waals surface area contributed by atoms with Gasteiger partial charge in [0, 0.05) is 23.8 Å². The monoisotopic (exact) mass is 279 g/mol. The molecule has 21 heavy (non-hydrogen) atoms. The molecule has 0 saturated heterocycles. The molecule has 0 unspecified atom stereocenters. The summed E-state index contributed by atoms with van der Waals surface area (Å²) in [5.41, 5.74) is 1.25. The van der Waals surface area contributed by atoms with Gasteiger partial charge in [-0.05, 0) is 25.0 Å². The normalized spacial score (nSPS) is 14.3. The van der Waals surface area contributed by atoms with Gasteiger partial charge in [0.15, 0.2) is 5.69 Å². The molecule has 2 aromatic heterocycles. The number of benzene rings is 1. The summed E-state index contributed by atoms with van der Waals surface area (Å²) in [6, 6.07) is 9.65. The zero-order valence-corrected chi connectivity index (χ0v) is 11.2. The molecule has 4 rings (SSSR count). The van der Waals surface area contributed by atoms with E-state index in [-0.39, 0.29) is 5.91 Å². The first-order valence-electron chi connectivity index (χ1n) is 6.89. The molecule has 1 N–H and O–H groups in total. The van der Waals surface area contributed by atoms with Crippen molar-refractivity contribution in [1.29, 1.82) is 0 Å². The van der Waals surface area contributed by atoms with Crippen LogP contribution in [0.25, 0.3) is 16.9 Å². The minimum absolute atomic E-state index is 0.136. The maximum absolute atomic E-state index is 12.3. The lowest BCUT2D eigenvalue weighted by atomic mass is 10.2. The van der Waals surface area contributed by atoms with Gasteiger partial charge >= 0.3 is 0 Å². The van der Waals surface area contributed by atoms with Gasteiger partial charge in [-0.2, -0.15) is 9.78 Å². The summed E-state index contributed by atoms with van der Waals surface area (Å²) in [5, 5.41) is 8.20. The Morgan fingerprint density at radius 3 is 2.67 bits per heavy atom. The maximum Gasteiger partial charge on any atom is 0.272 e. The zero-order chi connectivity index (χ0) is 14.2. The largest absolute Gasteiger partial charge is 0.348 e. The highest BCUT2D eigenvalue weighted by Gasteiger charge is 2.26. The molecule has 3 aromatic rings. The van der Waals surface area contributed by atoms with Crippen LogP contribution in [0.2, 0.25) is 0 Å². The number of rotatable bonds is 3. The summed E-state index contributed by atoms with van der Waals surface area (Å²) >= 11 is 0. The standard InChI is InChI=1S/C15H13N5O/c21-14(18-10-6-7-10)13-11-4-1-2-5-12(11)20(19-13)15-16-8-3-9-17-15/h1-5,8-10H,6-7H2,(H,18,21). The van der Waals surface area contributed by atoms with Crippen LogP contribution in [0.15, 0.2) is 42.7 Å². The van der Waals surface area contributed by atoms with Gasteiger partial charge in [0.05, 0.1) is 5.52 Å². The summed E-state index contributed by atoms with van der Waals surface area (Å²) < 4.78 is 1.61. The van der Waals surface area contributed by atoms with E-state index in [1.54, 1.807) is 23.1 Å². The molecule has 0 bridgehead atoms. The Balaban J connectivity index is 1.86. The van der Waals surface area contributed by atoms with Crippen LogP contribution in [-0.4, -0.2) is 31.7 Å². The number of nitrogens with one attached hydrogen (secondary N) is 1. The molecule has 1 aromatic carbocycles. The highest BCUT2D eigenvalue weighted by atomic mass is 16.2.